The molecule has 3 rings (SSSR count). The van der Waals surface area contributed by atoms with Crippen LogP contribution in [-0.2, 0) is 16.0 Å². The molecular weight excluding hydrogens is 312 g/mol. The summed E-state index contributed by atoms with van der Waals surface area (Å²) in [6.45, 7) is 9.81. The molecular formula is C21H30N2O2. The minimum Gasteiger partial charge on any atom is -0.338 e. The lowest BCUT2D eigenvalue weighted by Gasteiger charge is -2.46. The van der Waals surface area contributed by atoms with Crippen molar-refractivity contribution < 1.29 is 9.59 Å². The zero-order valence-corrected chi connectivity index (χ0v) is 16.0. The molecule has 2 aliphatic heterocycles. The van der Waals surface area contributed by atoms with Crippen LogP contribution in [0.25, 0.3) is 0 Å². The van der Waals surface area contributed by atoms with Crippen molar-refractivity contribution in [3.8, 4) is 0 Å². The summed E-state index contributed by atoms with van der Waals surface area (Å²) in [6, 6.07) is 6.40. The lowest BCUT2D eigenvalue weighted by atomic mass is 9.84. The Balaban J connectivity index is 1.81. The van der Waals surface area contributed by atoms with E-state index in [1.165, 1.54) is 11.1 Å². The Bertz CT molecular complexity index is 682. The molecule has 0 radical (unpaired) electrons. The highest BCUT2D eigenvalue weighted by atomic mass is 16.2. The molecule has 0 saturated carbocycles. The van der Waals surface area contributed by atoms with Crippen LogP contribution in [0.5, 0.6) is 0 Å². The summed E-state index contributed by atoms with van der Waals surface area (Å²) >= 11 is 0. The van der Waals surface area contributed by atoms with E-state index in [9.17, 15) is 9.59 Å². The highest BCUT2D eigenvalue weighted by molar-refractivity contribution is 5.93. The molecule has 0 aromatic heterocycles. The zero-order valence-electron chi connectivity index (χ0n) is 16.0. The zero-order chi connectivity index (χ0) is 18.2. The number of benzene rings is 1. The molecule has 2 amide bonds. The molecule has 0 N–H and O–H groups in total. The van der Waals surface area contributed by atoms with E-state index in [-0.39, 0.29) is 17.9 Å². The van der Waals surface area contributed by atoms with E-state index in [0.29, 0.717) is 13.0 Å². The lowest BCUT2D eigenvalue weighted by molar-refractivity contribution is -0.156. The average molecular weight is 342 g/mol. The third kappa shape index (κ3) is 3.19. The van der Waals surface area contributed by atoms with Crippen molar-refractivity contribution in [2.24, 2.45) is 0 Å². The minimum atomic E-state index is -0.584. The van der Waals surface area contributed by atoms with Gasteiger partial charge in [0.2, 0.25) is 11.8 Å². The maximum absolute atomic E-state index is 13.2. The number of amides is 2. The number of carbonyl (C=O) groups is 2. The fourth-order valence-corrected chi connectivity index (χ4v) is 4.42. The summed E-state index contributed by atoms with van der Waals surface area (Å²) in [5.74, 6) is 0.263. The van der Waals surface area contributed by atoms with Gasteiger partial charge in [0.15, 0.2) is 0 Å². The van der Waals surface area contributed by atoms with Gasteiger partial charge in [-0.1, -0.05) is 18.2 Å². The molecule has 25 heavy (non-hydrogen) atoms. The summed E-state index contributed by atoms with van der Waals surface area (Å²) < 4.78 is 0. The summed E-state index contributed by atoms with van der Waals surface area (Å²) in [6.07, 6.45) is 3.92. The van der Waals surface area contributed by atoms with Crippen LogP contribution in [0, 0.1) is 13.8 Å². The molecule has 1 aromatic rings. The summed E-state index contributed by atoms with van der Waals surface area (Å²) in [7, 11) is 0. The van der Waals surface area contributed by atoms with Crippen LogP contribution in [0.4, 0.5) is 0 Å². The van der Waals surface area contributed by atoms with E-state index in [1.54, 1.807) is 0 Å². The van der Waals surface area contributed by atoms with Gasteiger partial charge in [-0.3, -0.25) is 9.59 Å². The number of hydrogen-bond donors (Lipinski definition) is 0. The average Bonchev–Trinajstić information content (AvgIpc) is 2.98. The topological polar surface area (TPSA) is 40.6 Å². The van der Waals surface area contributed by atoms with Crippen molar-refractivity contribution in [3.63, 3.8) is 0 Å². The lowest BCUT2D eigenvalue weighted by Crippen LogP contribution is -2.62. The van der Waals surface area contributed by atoms with Gasteiger partial charge in [-0.2, -0.15) is 0 Å². The molecule has 1 atom stereocenters. The third-order valence-corrected chi connectivity index (χ3v) is 5.99. The maximum atomic E-state index is 13.2. The van der Waals surface area contributed by atoms with E-state index >= 15 is 0 Å². The van der Waals surface area contributed by atoms with Crippen molar-refractivity contribution >= 4 is 11.8 Å². The van der Waals surface area contributed by atoms with Crippen LogP contribution in [0.1, 0.15) is 56.2 Å². The molecule has 4 nitrogen and oxygen atoms in total. The Kier molecular flexibility index (Phi) is 4.90. The Morgan fingerprint density at radius 1 is 1.12 bits per heavy atom. The van der Waals surface area contributed by atoms with E-state index in [1.807, 2.05) is 15.9 Å². The molecule has 2 fully saturated rings. The Hall–Kier alpha value is -1.84. The predicted octanol–water partition coefficient (Wildman–Crippen LogP) is 3.24. The molecule has 0 bridgehead atoms. The van der Waals surface area contributed by atoms with Crippen LogP contribution >= 0.6 is 0 Å². The molecule has 1 unspecified atom stereocenters. The first kappa shape index (κ1) is 18.0. The minimum absolute atomic E-state index is 0.0970. The number of hydrogen-bond acceptors (Lipinski definition) is 2. The predicted molar refractivity (Wildman–Crippen MR) is 99.4 cm³/mol. The molecule has 4 heteroatoms. The van der Waals surface area contributed by atoms with Gasteiger partial charge >= 0.3 is 0 Å². The molecule has 2 saturated heterocycles. The van der Waals surface area contributed by atoms with Gasteiger partial charge in [-0.05, 0) is 70.1 Å². The first-order valence-corrected chi connectivity index (χ1v) is 9.53. The van der Waals surface area contributed by atoms with Crippen LogP contribution in [0.15, 0.2) is 18.2 Å². The van der Waals surface area contributed by atoms with Crippen LogP contribution in [0.3, 0.4) is 0 Å². The first-order valence-electron chi connectivity index (χ1n) is 9.53. The maximum Gasteiger partial charge on any atom is 0.248 e. The molecule has 2 heterocycles. The standard InChI is InChI=1S/C21H30N2O2/c1-15(2)22-11-5-9-21(20(22)25)10-6-12-23(21)19(24)14-18-8-7-16(3)17(4)13-18/h7-8,13,15H,5-6,9-12,14H2,1-4H3. The number of carbonyl (C=O) groups excluding carboxylic acids is 2. The second-order valence-corrected chi connectivity index (χ2v) is 7.97. The molecule has 1 aromatic carbocycles. The number of piperidine rings is 1. The first-order chi connectivity index (χ1) is 11.8. The Morgan fingerprint density at radius 2 is 1.80 bits per heavy atom. The van der Waals surface area contributed by atoms with Crippen molar-refractivity contribution in [2.75, 3.05) is 13.1 Å². The number of likely N-dealkylation sites (tertiary alicyclic amines) is 2. The normalized spacial score (nSPS) is 23.8. The monoisotopic (exact) mass is 342 g/mol. The van der Waals surface area contributed by atoms with Gasteiger partial charge in [0.05, 0.1) is 6.42 Å². The number of rotatable bonds is 3. The molecule has 1 spiro atoms. The largest absolute Gasteiger partial charge is 0.338 e. The van der Waals surface area contributed by atoms with Crippen molar-refractivity contribution in [1.29, 1.82) is 0 Å². The van der Waals surface area contributed by atoms with E-state index < -0.39 is 5.54 Å². The van der Waals surface area contributed by atoms with Gasteiger partial charge in [0, 0.05) is 19.1 Å². The van der Waals surface area contributed by atoms with E-state index in [2.05, 4.69) is 39.8 Å². The summed E-state index contributed by atoms with van der Waals surface area (Å²) in [5.41, 5.74) is 2.91. The SMILES string of the molecule is Cc1ccc(CC(=O)N2CCCC23CCCN(C(C)C)C3=O)cc1C. The highest BCUT2D eigenvalue weighted by Crippen LogP contribution is 2.39. The smallest absolute Gasteiger partial charge is 0.248 e. The molecule has 0 aliphatic carbocycles. The van der Waals surface area contributed by atoms with E-state index in [4.69, 9.17) is 0 Å². The Labute approximate surface area is 151 Å². The van der Waals surface area contributed by atoms with Gasteiger partial charge in [-0.15, -0.1) is 0 Å². The third-order valence-electron chi connectivity index (χ3n) is 5.99. The Morgan fingerprint density at radius 3 is 2.44 bits per heavy atom. The number of aryl methyl sites for hydroxylation is 2. The second kappa shape index (κ2) is 6.81. The second-order valence-electron chi connectivity index (χ2n) is 7.97. The van der Waals surface area contributed by atoms with Gasteiger partial charge in [0.25, 0.3) is 0 Å². The van der Waals surface area contributed by atoms with Gasteiger partial charge in [0.1, 0.15) is 5.54 Å². The van der Waals surface area contributed by atoms with Gasteiger partial charge < -0.3 is 9.80 Å². The fourth-order valence-electron chi connectivity index (χ4n) is 4.42. The van der Waals surface area contributed by atoms with Crippen LogP contribution in [-0.4, -0.2) is 46.3 Å². The van der Waals surface area contributed by atoms with Crippen molar-refractivity contribution in [1.82, 2.24) is 9.80 Å². The molecule has 136 valence electrons. The summed E-state index contributed by atoms with van der Waals surface area (Å²) in [5, 5.41) is 0. The van der Waals surface area contributed by atoms with Crippen LogP contribution < -0.4 is 0 Å². The number of nitrogens with zero attached hydrogens (tertiary/aromatic N) is 2. The highest BCUT2D eigenvalue weighted by Gasteiger charge is 2.52. The van der Waals surface area contributed by atoms with Crippen molar-refractivity contribution in [3.05, 3.63) is 34.9 Å². The van der Waals surface area contributed by atoms with E-state index in [0.717, 1.165) is 37.8 Å². The van der Waals surface area contributed by atoms with Gasteiger partial charge in [-0.25, -0.2) is 0 Å². The van der Waals surface area contributed by atoms with Crippen molar-refractivity contribution in [2.45, 2.75) is 71.4 Å². The summed E-state index contributed by atoms with van der Waals surface area (Å²) in [4.78, 5) is 30.1. The van der Waals surface area contributed by atoms with Crippen LogP contribution in [0.2, 0.25) is 0 Å². The molecule has 2 aliphatic rings. The fraction of sp³-hybridized carbons (Fsp3) is 0.619. The quantitative estimate of drug-likeness (QED) is 0.846.